The largest absolute Gasteiger partial charge is 0.755 e. The highest BCUT2D eigenvalue weighted by atomic mass is 32.2. The second kappa shape index (κ2) is 8.78. The highest BCUT2D eigenvalue weighted by Crippen LogP contribution is 2.20. The monoisotopic (exact) mass is 359 g/mol. The summed E-state index contributed by atoms with van der Waals surface area (Å²) in [5.74, 6) is -0.0445. The minimum atomic E-state index is -2.40. The molecule has 2 aromatic rings. The third-order valence-corrected chi connectivity index (χ3v) is 4.75. The number of rotatable bonds is 7. The lowest BCUT2D eigenvalue weighted by atomic mass is 10.1. The van der Waals surface area contributed by atoms with Crippen molar-refractivity contribution in [2.45, 2.75) is 27.3 Å². The lowest BCUT2D eigenvalue weighted by Crippen LogP contribution is -2.30. The molecule has 2 rings (SSSR count). The molecule has 0 saturated carbocycles. The van der Waals surface area contributed by atoms with E-state index in [2.05, 4.69) is 0 Å². The Morgan fingerprint density at radius 3 is 2.28 bits per heavy atom. The molecule has 134 valence electrons. The van der Waals surface area contributed by atoms with Gasteiger partial charge in [-0.2, -0.15) is 0 Å². The number of anilines is 1. The second-order valence-electron chi connectivity index (χ2n) is 5.77. The molecule has 0 saturated heterocycles. The fourth-order valence-corrected chi connectivity index (χ4v) is 3.15. The van der Waals surface area contributed by atoms with Crippen LogP contribution in [-0.2, 0) is 17.8 Å². The first-order chi connectivity index (χ1) is 12.0. The number of aryl methyl sites for hydroxylation is 1. The summed E-state index contributed by atoms with van der Waals surface area (Å²) >= 11 is -2.40. The molecule has 0 aliphatic carbocycles. The van der Waals surface area contributed by atoms with Crippen LogP contribution in [0.1, 0.15) is 35.3 Å². The van der Waals surface area contributed by atoms with Crippen LogP contribution in [0.5, 0.6) is 0 Å². The van der Waals surface area contributed by atoms with Crippen LogP contribution in [0.3, 0.4) is 0 Å². The second-order valence-corrected chi connectivity index (χ2v) is 6.64. The van der Waals surface area contributed by atoms with Crippen molar-refractivity contribution in [3.8, 4) is 0 Å². The number of carbonyl (C=O) groups is 1. The number of hydrogen-bond acceptors (Lipinski definition) is 3. The molecule has 1 amide bonds. The van der Waals surface area contributed by atoms with Crippen LogP contribution in [-0.4, -0.2) is 32.7 Å². The maximum Gasteiger partial charge on any atom is 0.253 e. The van der Waals surface area contributed by atoms with E-state index in [0.717, 1.165) is 11.1 Å². The Morgan fingerprint density at radius 2 is 1.72 bits per heavy atom. The van der Waals surface area contributed by atoms with E-state index in [1.54, 1.807) is 35.2 Å². The van der Waals surface area contributed by atoms with Gasteiger partial charge in [-0.3, -0.25) is 13.3 Å². The van der Waals surface area contributed by atoms with Gasteiger partial charge in [0.25, 0.3) is 5.91 Å². The Hall–Kier alpha value is -2.18. The number of benzene rings is 2. The van der Waals surface area contributed by atoms with Gasteiger partial charge in [-0.05, 0) is 50.6 Å². The van der Waals surface area contributed by atoms with E-state index in [4.69, 9.17) is 0 Å². The van der Waals surface area contributed by atoms with E-state index < -0.39 is 11.3 Å². The molecule has 6 heteroatoms. The Labute approximate surface area is 151 Å². The molecular weight excluding hydrogens is 336 g/mol. The highest BCUT2D eigenvalue weighted by Gasteiger charge is 2.14. The average molecular weight is 359 g/mol. The van der Waals surface area contributed by atoms with Gasteiger partial charge in [0.05, 0.1) is 6.54 Å². The van der Waals surface area contributed by atoms with Crippen LogP contribution >= 0.6 is 0 Å². The minimum absolute atomic E-state index is 0.0445. The van der Waals surface area contributed by atoms with Gasteiger partial charge in [0.15, 0.2) is 0 Å². The molecule has 5 nitrogen and oxygen atoms in total. The van der Waals surface area contributed by atoms with Gasteiger partial charge in [-0.1, -0.05) is 29.8 Å². The summed E-state index contributed by atoms with van der Waals surface area (Å²) in [4.78, 5) is 14.2. The average Bonchev–Trinajstić information content (AvgIpc) is 2.61. The van der Waals surface area contributed by atoms with Crippen LogP contribution < -0.4 is 4.31 Å². The van der Waals surface area contributed by atoms with Crippen LogP contribution in [0.15, 0.2) is 48.5 Å². The van der Waals surface area contributed by atoms with Gasteiger partial charge in [0, 0.05) is 35.6 Å². The lowest BCUT2D eigenvalue weighted by molar-refractivity contribution is 0.0773. The molecule has 0 heterocycles. The molecule has 0 spiro atoms. The zero-order chi connectivity index (χ0) is 18.4. The van der Waals surface area contributed by atoms with Gasteiger partial charge >= 0.3 is 0 Å². The summed E-state index contributed by atoms with van der Waals surface area (Å²) in [6.45, 7) is 7.28. The van der Waals surface area contributed by atoms with E-state index in [1.807, 2.05) is 39.0 Å². The van der Waals surface area contributed by atoms with Crippen LogP contribution in [0.2, 0.25) is 0 Å². The van der Waals surface area contributed by atoms with E-state index in [1.165, 1.54) is 4.31 Å². The fraction of sp³-hybridized carbons (Fsp3) is 0.316. The number of hydrogen-bond donors (Lipinski definition) is 0. The minimum Gasteiger partial charge on any atom is -0.755 e. The molecule has 25 heavy (non-hydrogen) atoms. The number of amides is 1. The van der Waals surface area contributed by atoms with Crippen molar-refractivity contribution in [1.82, 2.24) is 4.90 Å². The molecular formula is C19H23N2O3S-. The van der Waals surface area contributed by atoms with Gasteiger partial charge in [-0.15, -0.1) is 0 Å². The predicted octanol–water partition coefficient (Wildman–Crippen LogP) is 3.28. The predicted molar refractivity (Wildman–Crippen MR) is 100.0 cm³/mol. The number of nitrogens with zero attached hydrogens (tertiary/aromatic N) is 2. The molecule has 1 atom stereocenters. The lowest BCUT2D eigenvalue weighted by Gasteiger charge is -2.27. The topological polar surface area (TPSA) is 63.7 Å². The molecule has 0 radical (unpaired) electrons. The summed E-state index contributed by atoms with van der Waals surface area (Å²) < 4.78 is 24.6. The quantitative estimate of drug-likeness (QED) is 0.713. The van der Waals surface area contributed by atoms with Crippen LogP contribution in [0.4, 0.5) is 5.69 Å². The zero-order valence-corrected chi connectivity index (χ0v) is 15.6. The third-order valence-electron chi connectivity index (χ3n) is 4.05. The Balaban J connectivity index is 2.25. The van der Waals surface area contributed by atoms with Crippen molar-refractivity contribution in [2.24, 2.45) is 0 Å². The van der Waals surface area contributed by atoms with Crippen molar-refractivity contribution >= 4 is 22.9 Å². The SMILES string of the molecule is CCN(CC)C(=O)c1cccc(CN(c2ccc(C)cc2)S(=O)[O-])c1. The fourth-order valence-electron chi connectivity index (χ4n) is 2.60. The molecule has 0 N–H and O–H groups in total. The van der Waals surface area contributed by atoms with Crippen molar-refractivity contribution in [1.29, 1.82) is 0 Å². The van der Waals surface area contributed by atoms with Crippen molar-refractivity contribution in [2.75, 3.05) is 17.4 Å². The molecule has 0 bridgehead atoms. The molecule has 2 aromatic carbocycles. The number of carbonyl (C=O) groups excluding carboxylic acids is 1. The van der Waals surface area contributed by atoms with E-state index in [0.29, 0.717) is 24.3 Å². The maximum absolute atomic E-state index is 12.5. The third kappa shape index (κ3) is 4.90. The van der Waals surface area contributed by atoms with Crippen LogP contribution in [0, 0.1) is 6.92 Å². The molecule has 0 fully saturated rings. The van der Waals surface area contributed by atoms with Crippen LogP contribution in [0.25, 0.3) is 0 Å². The summed E-state index contributed by atoms with van der Waals surface area (Å²) in [6, 6.07) is 14.4. The normalized spacial score (nSPS) is 11.8. The Morgan fingerprint density at radius 1 is 1.08 bits per heavy atom. The van der Waals surface area contributed by atoms with Crippen molar-refractivity contribution in [3.05, 3.63) is 65.2 Å². The first-order valence-electron chi connectivity index (χ1n) is 8.28. The maximum atomic E-state index is 12.5. The van der Waals surface area contributed by atoms with Gasteiger partial charge in [0.2, 0.25) is 0 Å². The van der Waals surface area contributed by atoms with Crippen molar-refractivity contribution < 1.29 is 13.6 Å². The zero-order valence-electron chi connectivity index (χ0n) is 14.8. The van der Waals surface area contributed by atoms with E-state index in [-0.39, 0.29) is 12.5 Å². The van der Waals surface area contributed by atoms with Gasteiger partial charge in [0.1, 0.15) is 0 Å². The van der Waals surface area contributed by atoms with Gasteiger partial charge < -0.3 is 9.45 Å². The molecule has 0 aliphatic rings. The smallest absolute Gasteiger partial charge is 0.253 e. The molecule has 0 aliphatic heterocycles. The molecule has 1 unspecified atom stereocenters. The summed E-state index contributed by atoms with van der Waals surface area (Å²) in [7, 11) is 0. The molecule has 0 aromatic heterocycles. The first kappa shape index (κ1) is 19.1. The van der Waals surface area contributed by atoms with E-state index >= 15 is 0 Å². The summed E-state index contributed by atoms with van der Waals surface area (Å²) in [5, 5.41) is 0. The standard InChI is InChI=1S/C19H24N2O3S/c1-4-20(5-2)19(22)17-8-6-7-16(13-17)14-21(25(23)24)18-11-9-15(3)10-12-18/h6-13H,4-5,14H2,1-3H3,(H,23,24)/p-1. The summed E-state index contributed by atoms with van der Waals surface area (Å²) in [6.07, 6.45) is 0. The Kier molecular flexibility index (Phi) is 6.73. The Bertz CT molecular complexity index is 743. The van der Waals surface area contributed by atoms with Gasteiger partial charge in [-0.25, -0.2) is 0 Å². The van der Waals surface area contributed by atoms with Crippen molar-refractivity contribution in [3.63, 3.8) is 0 Å². The first-order valence-corrected chi connectivity index (χ1v) is 9.31. The highest BCUT2D eigenvalue weighted by molar-refractivity contribution is 7.80. The summed E-state index contributed by atoms with van der Waals surface area (Å²) in [5.41, 5.74) is 3.00. The van der Waals surface area contributed by atoms with E-state index in [9.17, 15) is 13.6 Å².